The van der Waals surface area contributed by atoms with E-state index in [9.17, 15) is 4.39 Å². The Hall–Kier alpha value is -4.06. The van der Waals surface area contributed by atoms with Gasteiger partial charge >= 0.3 is 0 Å². The van der Waals surface area contributed by atoms with Gasteiger partial charge in [-0.2, -0.15) is 0 Å². The number of aliphatic imine (C=N–C) groups is 2. The van der Waals surface area contributed by atoms with Crippen LogP contribution in [0.15, 0.2) is 101 Å². The van der Waals surface area contributed by atoms with Gasteiger partial charge in [0.2, 0.25) is 0 Å². The summed E-state index contributed by atoms with van der Waals surface area (Å²) in [5, 5.41) is 0. The molecule has 3 aromatic carbocycles. The highest BCUT2D eigenvalue weighted by Gasteiger charge is 2.35. The van der Waals surface area contributed by atoms with Gasteiger partial charge in [0.15, 0.2) is 0 Å². The fourth-order valence-corrected chi connectivity index (χ4v) is 4.27. The Morgan fingerprint density at radius 3 is 2.21 bits per heavy atom. The standard InChI is InChI=1S/C27H22F2N4/c1-27(17-33-16-20(28)14-24(33)26(30)32-27)22-15-21(12-13-23(22)29)31-25(18-8-4-2-5-9-18)19-10-6-3-7-11-19/h2-16H,17H2,1H3,(H2,30,32). The van der Waals surface area contributed by atoms with Crippen molar-refractivity contribution in [3.63, 3.8) is 0 Å². The maximum atomic E-state index is 15.0. The molecule has 1 aliphatic rings. The zero-order chi connectivity index (χ0) is 23.0. The van der Waals surface area contributed by atoms with E-state index < -0.39 is 17.2 Å². The maximum absolute atomic E-state index is 15.0. The van der Waals surface area contributed by atoms with Crippen LogP contribution in [0.2, 0.25) is 0 Å². The first-order chi connectivity index (χ1) is 15.9. The van der Waals surface area contributed by atoms with Crippen LogP contribution in [-0.2, 0) is 12.1 Å². The number of nitrogens with two attached hydrogens (primary N) is 1. The van der Waals surface area contributed by atoms with Crippen molar-refractivity contribution >= 4 is 17.2 Å². The van der Waals surface area contributed by atoms with Crippen molar-refractivity contribution in [1.29, 1.82) is 0 Å². The van der Waals surface area contributed by atoms with E-state index in [2.05, 4.69) is 4.99 Å². The molecule has 5 rings (SSSR count). The van der Waals surface area contributed by atoms with Gasteiger partial charge in [-0.05, 0) is 25.1 Å². The van der Waals surface area contributed by atoms with Gasteiger partial charge < -0.3 is 10.3 Å². The minimum Gasteiger partial charge on any atom is -0.382 e. The van der Waals surface area contributed by atoms with E-state index in [1.165, 1.54) is 18.3 Å². The van der Waals surface area contributed by atoms with Gasteiger partial charge in [-0.25, -0.2) is 13.8 Å². The maximum Gasteiger partial charge on any atom is 0.143 e. The zero-order valence-corrected chi connectivity index (χ0v) is 18.0. The molecule has 0 radical (unpaired) electrons. The molecule has 0 bridgehead atoms. The number of benzene rings is 3. The third kappa shape index (κ3) is 3.96. The minimum absolute atomic E-state index is 0.176. The van der Waals surface area contributed by atoms with Crippen LogP contribution < -0.4 is 5.73 Å². The van der Waals surface area contributed by atoms with Gasteiger partial charge in [-0.15, -0.1) is 0 Å². The zero-order valence-electron chi connectivity index (χ0n) is 18.0. The predicted molar refractivity (Wildman–Crippen MR) is 127 cm³/mol. The lowest BCUT2D eigenvalue weighted by Gasteiger charge is -2.32. The summed E-state index contributed by atoms with van der Waals surface area (Å²) in [6.45, 7) is 2.06. The molecule has 1 unspecified atom stereocenters. The summed E-state index contributed by atoms with van der Waals surface area (Å²) >= 11 is 0. The smallest absolute Gasteiger partial charge is 0.143 e. The molecule has 0 spiro atoms. The highest BCUT2D eigenvalue weighted by Crippen LogP contribution is 2.36. The first-order valence-corrected chi connectivity index (χ1v) is 10.6. The number of hydrogen-bond acceptors (Lipinski definition) is 3. The summed E-state index contributed by atoms with van der Waals surface area (Å²) in [7, 11) is 0. The van der Waals surface area contributed by atoms with Gasteiger partial charge in [-0.1, -0.05) is 60.7 Å². The number of hydrogen-bond donors (Lipinski definition) is 1. The number of nitrogens with zero attached hydrogens (tertiary/aromatic N) is 3. The van der Waals surface area contributed by atoms with Crippen LogP contribution in [0.1, 0.15) is 29.3 Å². The van der Waals surface area contributed by atoms with Gasteiger partial charge in [0, 0.05) is 29.0 Å². The van der Waals surface area contributed by atoms with Crippen LogP contribution in [0.5, 0.6) is 0 Å². The van der Waals surface area contributed by atoms with Crippen LogP contribution in [0, 0.1) is 11.6 Å². The fraction of sp³-hybridized carbons (Fsp3) is 0.111. The molecule has 4 aromatic rings. The van der Waals surface area contributed by atoms with Crippen LogP contribution in [0.25, 0.3) is 0 Å². The second-order valence-corrected chi connectivity index (χ2v) is 8.30. The van der Waals surface area contributed by atoms with E-state index in [1.54, 1.807) is 23.6 Å². The summed E-state index contributed by atoms with van der Waals surface area (Å²) in [6, 6.07) is 25.8. The molecule has 0 saturated heterocycles. The largest absolute Gasteiger partial charge is 0.382 e. The topological polar surface area (TPSA) is 55.7 Å². The molecule has 0 saturated carbocycles. The summed E-state index contributed by atoms with van der Waals surface area (Å²) in [5.41, 5.74) is 9.23. The molecule has 164 valence electrons. The molecular weight excluding hydrogens is 418 g/mol. The third-order valence-corrected chi connectivity index (χ3v) is 5.84. The molecule has 1 atom stereocenters. The quantitative estimate of drug-likeness (QED) is 0.415. The van der Waals surface area contributed by atoms with Crippen molar-refractivity contribution in [1.82, 2.24) is 4.57 Å². The molecule has 0 fully saturated rings. The van der Waals surface area contributed by atoms with Crippen molar-refractivity contribution in [2.45, 2.75) is 19.0 Å². The van der Waals surface area contributed by atoms with Gasteiger partial charge in [0.1, 0.15) is 23.0 Å². The van der Waals surface area contributed by atoms with E-state index in [0.29, 0.717) is 16.9 Å². The van der Waals surface area contributed by atoms with Crippen LogP contribution in [-0.4, -0.2) is 16.1 Å². The molecule has 2 N–H and O–H groups in total. The Balaban J connectivity index is 1.61. The molecule has 6 heteroatoms. The number of amidine groups is 1. The Kier molecular flexibility index (Phi) is 5.13. The van der Waals surface area contributed by atoms with E-state index in [0.717, 1.165) is 16.8 Å². The summed E-state index contributed by atoms with van der Waals surface area (Å²) in [5.74, 6) is -0.637. The van der Waals surface area contributed by atoms with E-state index in [4.69, 9.17) is 10.7 Å². The average Bonchev–Trinajstić information content (AvgIpc) is 3.19. The molecule has 0 amide bonds. The highest BCUT2D eigenvalue weighted by molar-refractivity contribution is 6.13. The first kappa shape index (κ1) is 20.8. The number of rotatable bonds is 4. The Bertz CT molecular complexity index is 1330. The number of halogens is 2. The number of fused-ring (bicyclic) bond motifs is 1. The Morgan fingerprint density at radius 2 is 1.58 bits per heavy atom. The van der Waals surface area contributed by atoms with E-state index in [-0.39, 0.29) is 12.4 Å². The average molecular weight is 440 g/mol. The van der Waals surface area contributed by atoms with Gasteiger partial charge in [-0.3, -0.25) is 4.99 Å². The molecule has 4 nitrogen and oxygen atoms in total. The Morgan fingerprint density at radius 1 is 0.939 bits per heavy atom. The van der Waals surface area contributed by atoms with Crippen molar-refractivity contribution in [2.24, 2.45) is 15.7 Å². The van der Waals surface area contributed by atoms with Crippen molar-refractivity contribution in [3.05, 3.63) is 125 Å². The molecule has 2 heterocycles. The summed E-state index contributed by atoms with van der Waals surface area (Å²) < 4.78 is 30.5. The van der Waals surface area contributed by atoms with Crippen LogP contribution in [0.4, 0.5) is 14.5 Å². The minimum atomic E-state index is -1.00. The lowest BCUT2D eigenvalue weighted by atomic mass is 9.90. The van der Waals surface area contributed by atoms with Crippen molar-refractivity contribution in [2.75, 3.05) is 0 Å². The number of aromatic nitrogens is 1. The van der Waals surface area contributed by atoms with Gasteiger partial charge in [0.05, 0.1) is 23.6 Å². The summed E-state index contributed by atoms with van der Waals surface area (Å²) in [6.07, 6.45) is 1.36. The molecule has 0 aliphatic carbocycles. The fourth-order valence-electron chi connectivity index (χ4n) is 4.27. The van der Waals surface area contributed by atoms with Crippen molar-refractivity contribution < 1.29 is 8.78 Å². The van der Waals surface area contributed by atoms with E-state index >= 15 is 4.39 Å². The van der Waals surface area contributed by atoms with Crippen LogP contribution >= 0.6 is 0 Å². The van der Waals surface area contributed by atoms with E-state index in [1.807, 2.05) is 60.7 Å². The van der Waals surface area contributed by atoms with Crippen LogP contribution in [0.3, 0.4) is 0 Å². The summed E-state index contributed by atoms with van der Waals surface area (Å²) in [4.78, 5) is 9.45. The molecule has 1 aromatic heterocycles. The second-order valence-electron chi connectivity index (χ2n) is 8.30. The lowest BCUT2D eigenvalue weighted by molar-refractivity contribution is 0.384. The third-order valence-electron chi connectivity index (χ3n) is 5.84. The van der Waals surface area contributed by atoms with Gasteiger partial charge in [0.25, 0.3) is 0 Å². The lowest BCUT2D eigenvalue weighted by Crippen LogP contribution is -2.37. The SMILES string of the molecule is CC1(c2cc(N=C(c3ccccc3)c3ccccc3)ccc2F)Cn2cc(F)cc2C(N)=N1. The molecule has 33 heavy (non-hydrogen) atoms. The molecular formula is C27H22F2N4. The van der Waals surface area contributed by atoms with Crippen molar-refractivity contribution in [3.8, 4) is 0 Å². The normalized spacial score (nSPS) is 17.2. The predicted octanol–water partition coefficient (Wildman–Crippen LogP) is 5.57. The molecule has 1 aliphatic heterocycles. The Labute approximate surface area is 190 Å². The first-order valence-electron chi connectivity index (χ1n) is 10.6. The monoisotopic (exact) mass is 440 g/mol. The second kappa shape index (κ2) is 8.13. The highest BCUT2D eigenvalue weighted by atomic mass is 19.1.